The van der Waals surface area contributed by atoms with Crippen LogP contribution in [0.5, 0.6) is 0 Å². The number of nitriles is 1. The summed E-state index contributed by atoms with van der Waals surface area (Å²) in [4.78, 5) is 1.65. The number of anilines is 1. The lowest BCUT2D eigenvalue weighted by atomic mass is 10.1. The molecule has 1 aromatic rings. The zero-order chi connectivity index (χ0) is 13.7. The van der Waals surface area contributed by atoms with Crippen molar-refractivity contribution < 1.29 is 4.39 Å². The highest BCUT2D eigenvalue weighted by molar-refractivity contribution is 5.83. The van der Waals surface area contributed by atoms with E-state index in [0.717, 1.165) is 6.21 Å². The third-order valence-electron chi connectivity index (χ3n) is 2.11. The van der Waals surface area contributed by atoms with Gasteiger partial charge in [-0.3, -0.25) is 0 Å². The molecule has 0 spiro atoms. The number of guanidine groups is 1. The second kappa shape index (κ2) is 5.63. The van der Waals surface area contributed by atoms with Crippen molar-refractivity contribution in [3.63, 3.8) is 0 Å². The van der Waals surface area contributed by atoms with Crippen LogP contribution in [0.1, 0.15) is 11.1 Å². The molecule has 0 saturated carbocycles. The summed E-state index contributed by atoms with van der Waals surface area (Å²) in [5, 5.41) is 15.8. The molecular formula is C11H13FN6. The Morgan fingerprint density at radius 1 is 1.44 bits per heavy atom. The highest BCUT2D eigenvalue weighted by atomic mass is 19.1. The topological polar surface area (TPSA) is 104 Å². The van der Waals surface area contributed by atoms with Crippen LogP contribution in [0.25, 0.3) is 0 Å². The predicted octanol–water partition coefficient (Wildman–Crippen LogP) is 0.371. The highest BCUT2D eigenvalue weighted by Crippen LogP contribution is 2.22. The quantitative estimate of drug-likeness (QED) is 0.458. The Hall–Kier alpha value is -2.62. The smallest absolute Gasteiger partial charge is 0.211 e. The Balaban J connectivity index is 3.23. The monoisotopic (exact) mass is 248 g/mol. The molecule has 0 radical (unpaired) electrons. The number of nitrogens with zero attached hydrogens (tertiary/aromatic N) is 4. The minimum Gasteiger partial charge on any atom is -0.377 e. The summed E-state index contributed by atoms with van der Waals surface area (Å²) in [5.74, 6) is -0.879. The summed E-state index contributed by atoms with van der Waals surface area (Å²) in [7, 11) is 3.45. The molecule has 0 bridgehead atoms. The van der Waals surface area contributed by atoms with Gasteiger partial charge >= 0.3 is 0 Å². The molecule has 0 unspecified atom stereocenters. The van der Waals surface area contributed by atoms with Gasteiger partial charge in [-0.1, -0.05) is 0 Å². The molecule has 4 N–H and O–H groups in total. The Morgan fingerprint density at radius 2 is 2.11 bits per heavy atom. The fourth-order valence-corrected chi connectivity index (χ4v) is 1.32. The summed E-state index contributed by atoms with van der Waals surface area (Å²) < 4.78 is 14.0. The van der Waals surface area contributed by atoms with E-state index in [-0.39, 0.29) is 17.1 Å². The third kappa shape index (κ3) is 2.95. The first-order chi connectivity index (χ1) is 8.47. The Kier molecular flexibility index (Phi) is 4.21. The molecule has 7 heteroatoms. The molecule has 1 rings (SSSR count). The van der Waals surface area contributed by atoms with E-state index in [1.165, 1.54) is 6.07 Å². The first kappa shape index (κ1) is 13.4. The number of halogens is 1. The van der Waals surface area contributed by atoms with Gasteiger partial charge in [-0.2, -0.15) is 10.4 Å². The van der Waals surface area contributed by atoms with Gasteiger partial charge < -0.3 is 16.4 Å². The van der Waals surface area contributed by atoms with Crippen LogP contribution in [0.2, 0.25) is 0 Å². The van der Waals surface area contributed by atoms with Crippen molar-refractivity contribution in [1.82, 2.24) is 0 Å². The van der Waals surface area contributed by atoms with Crippen LogP contribution in [0, 0.1) is 17.1 Å². The summed E-state index contributed by atoms with van der Waals surface area (Å²) in [6.45, 7) is 0. The predicted molar refractivity (Wildman–Crippen MR) is 68.8 cm³/mol. The average molecular weight is 248 g/mol. The molecule has 0 saturated heterocycles. The SMILES string of the molecule is CN(C)c1ccc(C=NN=C(N)N)c(F)c1C#N. The average Bonchev–Trinajstić information content (AvgIpc) is 2.30. The molecule has 0 heterocycles. The van der Waals surface area contributed by atoms with Crippen molar-refractivity contribution in [3.8, 4) is 6.07 Å². The molecular weight excluding hydrogens is 235 g/mol. The van der Waals surface area contributed by atoms with Gasteiger partial charge in [0, 0.05) is 19.7 Å². The van der Waals surface area contributed by atoms with Crippen LogP contribution in [0.15, 0.2) is 22.3 Å². The lowest BCUT2D eigenvalue weighted by molar-refractivity contribution is 0.622. The van der Waals surface area contributed by atoms with Gasteiger partial charge in [0.15, 0.2) is 5.82 Å². The van der Waals surface area contributed by atoms with Gasteiger partial charge in [-0.15, -0.1) is 5.10 Å². The van der Waals surface area contributed by atoms with Crippen molar-refractivity contribution in [2.24, 2.45) is 21.7 Å². The molecule has 94 valence electrons. The van der Waals surface area contributed by atoms with Crippen molar-refractivity contribution in [2.75, 3.05) is 19.0 Å². The van der Waals surface area contributed by atoms with E-state index in [1.807, 2.05) is 6.07 Å². The normalized spacial score (nSPS) is 10.1. The minimum absolute atomic E-state index is 0.0475. The molecule has 0 atom stereocenters. The van der Waals surface area contributed by atoms with E-state index in [4.69, 9.17) is 16.7 Å². The maximum atomic E-state index is 14.0. The van der Waals surface area contributed by atoms with Gasteiger partial charge in [0.2, 0.25) is 5.96 Å². The molecule has 0 aliphatic rings. The van der Waals surface area contributed by atoms with Crippen LogP contribution in [-0.2, 0) is 0 Å². The molecule has 0 aliphatic carbocycles. The van der Waals surface area contributed by atoms with Crippen LogP contribution in [-0.4, -0.2) is 26.3 Å². The fourth-order valence-electron chi connectivity index (χ4n) is 1.32. The van der Waals surface area contributed by atoms with Gasteiger partial charge in [0.05, 0.1) is 11.9 Å². The van der Waals surface area contributed by atoms with Crippen molar-refractivity contribution in [3.05, 3.63) is 29.1 Å². The second-order valence-electron chi connectivity index (χ2n) is 3.64. The Morgan fingerprint density at radius 3 is 2.61 bits per heavy atom. The third-order valence-corrected chi connectivity index (χ3v) is 2.11. The zero-order valence-corrected chi connectivity index (χ0v) is 10.1. The standard InChI is InChI=1S/C11H13FN6/c1-18(2)9-4-3-7(6-16-17-11(14)15)10(12)8(9)5-13/h3-4,6H,1-2H3,(H4,14,15,17). The van der Waals surface area contributed by atoms with E-state index in [2.05, 4.69) is 10.2 Å². The van der Waals surface area contributed by atoms with Gasteiger partial charge in [-0.25, -0.2) is 4.39 Å². The van der Waals surface area contributed by atoms with Crippen LogP contribution < -0.4 is 16.4 Å². The van der Waals surface area contributed by atoms with E-state index >= 15 is 0 Å². The molecule has 0 aromatic heterocycles. The van der Waals surface area contributed by atoms with Crippen molar-refractivity contribution >= 4 is 17.9 Å². The second-order valence-corrected chi connectivity index (χ2v) is 3.64. The van der Waals surface area contributed by atoms with Crippen molar-refractivity contribution in [2.45, 2.75) is 0 Å². The van der Waals surface area contributed by atoms with Crippen LogP contribution in [0.3, 0.4) is 0 Å². The number of benzene rings is 1. The molecule has 1 aromatic carbocycles. The Labute approximate surface area is 104 Å². The van der Waals surface area contributed by atoms with Crippen LogP contribution in [0.4, 0.5) is 10.1 Å². The number of hydrogen-bond acceptors (Lipinski definition) is 4. The highest BCUT2D eigenvalue weighted by Gasteiger charge is 2.13. The number of rotatable bonds is 3. The minimum atomic E-state index is -0.654. The maximum Gasteiger partial charge on any atom is 0.211 e. The summed E-state index contributed by atoms with van der Waals surface area (Å²) in [6.07, 6.45) is 1.15. The van der Waals surface area contributed by atoms with Crippen LogP contribution >= 0.6 is 0 Å². The number of hydrogen-bond donors (Lipinski definition) is 2. The molecule has 0 amide bonds. The molecule has 0 fully saturated rings. The Bertz CT molecular complexity index is 537. The molecule has 6 nitrogen and oxygen atoms in total. The molecule has 18 heavy (non-hydrogen) atoms. The lowest BCUT2D eigenvalue weighted by Crippen LogP contribution is -2.21. The van der Waals surface area contributed by atoms with Gasteiger partial charge in [0.25, 0.3) is 0 Å². The first-order valence-corrected chi connectivity index (χ1v) is 4.99. The maximum absolute atomic E-state index is 14.0. The van der Waals surface area contributed by atoms with E-state index in [0.29, 0.717) is 5.69 Å². The van der Waals surface area contributed by atoms with E-state index in [9.17, 15) is 4.39 Å². The summed E-state index contributed by atoms with van der Waals surface area (Å²) >= 11 is 0. The molecule has 0 aliphatic heterocycles. The summed E-state index contributed by atoms with van der Waals surface area (Å²) in [5.41, 5.74) is 10.7. The van der Waals surface area contributed by atoms with E-state index in [1.54, 1.807) is 25.1 Å². The number of nitrogens with two attached hydrogens (primary N) is 2. The fraction of sp³-hybridized carbons (Fsp3) is 0.182. The van der Waals surface area contributed by atoms with Gasteiger partial charge in [-0.05, 0) is 12.1 Å². The van der Waals surface area contributed by atoms with Gasteiger partial charge in [0.1, 0.15) is 11.6 Å². The summed E-state index contributed by atoms with van der Waals surface area (Å²) in [6, 6.07) is 4.94. The first-order valence-electron chi connectivity index (χ1n) is 4.99. The zero-order valence-electron chi connectivity index (χ0n) is 10.1. The van der Waals surface area contributed by atoms with E-state index < -0.39 is 5.82 Å². The largest absolute Gasteiger partial charge is 0.377 e. The van der Waals surface area contributed by atoms with Crippen molar-refractivity contribution in [1.29, 1.82) is 5.26 Å². The lowest BCUT2D eigenvalue weighted by Gasteiger charge is -2.15.